The SMILES string of the molecule is COCCCC(CO)(CO)Cc1ccccc1. The van der Waals surface area contributed by atoms with E-state index < -0.39 is 5.41 Å². The van der Waals surface area contributed by atoms with E-state index in [0.29, 0.717) is 13.0 Å². The van der Waals surface area contributed by atoms with Crippen molar-refractivity contribution in [2.24, 2.45) is 5.41 Å². The van der Waals surface area contributed by atoms with Crippen LogP contribution in [0.1, 0.15) is 18.4 Å². The second-order valence-electron chi connectivity index (χ2n) is 4.57. The van der Waals surface area contributed by atoms with Crippen molar-refractivity contribution in [2.45, 2.75) is 19.3 Å². The van der Waals surface area contributed by atoms with E-state index >= 15 is 0 Å². The van der Waals surface area contributed by atoms with Crippen LogP contribution in [0.4, 0.5) is 0 Å². The standard InChI is InChI=1S/C14H22O3/c1-17-9-5-8-14(11-15,12-16)10-13-6-3-2-4-7-13/h2-4,6-7,15-16H,5,8-12H2,1H3. The van der Waals surface area contributed by atoms with Crippen molar-refractivity contribution >= 4 is 0 Å². The lowest BCUT2D eigenvalue weighted by atomic mass is 9.79. The van der Waals surface area contributed by atoms with Crippen LogP contribution in [0, 0.1) is 5.41 Å². The highest BCUT2D eigenvalue weighted by atomic mass is 16.5. The summed E-state index contributed by atoms with van der Waals surface area (Å²) < 4.78 is 5.01. The van der Waals surface area contributed by atoms with Crippen molar-refractivity contribution in [3.63, 3.8) is 0 Å². The fourth-order valence-corrected chi connectivity index (χ4v) is 2.03. The monoisotopic (exact) mass is 238 g/mol. The molecule has 0 saturated carbocycles. The molecule has 2 N–H and O–H groups in total. The molecule has 0 bridgehead atoms. The van der Waals surface area contributed by atoms with Gasteiger partial charge in [0.15, 0.2) is 0 Å². The van der Waals surface area contributed by atoms with Gasteiger partial charge in [-0.2, -0.15) is 0 Å². The summed E-state index contributed by atoms with van der Waals surface area (Å²) in [4.78, 5) is 0. The van der Waals surface area contributed by atoms with Gasteiger partial charge in [0.1, 0.15) is 0 Å². The Morgan fingerprint density at radius 2 is 1.76 bits per heavy atom. The van der Waals surface area contributed by atoms with E-state index in [1.54, 1.807) is 7.11 Å². The lowest BCUT2D eigenvalue weighted by Gasteiger charge is -2.30. The van der Waals surface area contributed by atoms with E-state index in [4.69, 9.17) is 4.74 Å². The van der Waals surface area contributed by atoms with Crippen LogP contribution in [0.3, 0.4) is 0 Å². The minimum absolute atomic E-state index is 0.00209. The number of benzene rings is 1. The third-order valence-electron chi connectivity index (χ3n) is 3.15. The third-order valence-corrected chi connectivity index (χ3v) is 3.15. The minimum Gasteiger partial charge on any atom is -0.396 e. The summed E-state index contributed by atoms with van der Waals surface area (Å²) in [5.41, 5.74) is 0.716. The Morgan fingerprint density at radius 3 is 2.29 bits per heavy atom. The van der Waals surface area contributed by atoms with Gasteiger partial charge in [0, 0.05) is 19.1 Å². The Balaban J connectivity index is 2.63. The molecule has 17 heavy (non-hydrogen) atoms. The lowest BCUT2D eigenvalue weighted by molar-refractivity contribution is 0.0390. The summed E-state index contributed by atoms with van der Waals surface area (Å²) in [5.74, 6) is 0. The van der Waals surface area contributed by atoms with E-state index in [1.165, 1.54) is 0 Å². The normalized spacial score (nSPS) is 11.7. The maximum absolute atomic E-state index is 9.54. The molecule has 3 nitrogen and oxygen atoms in total. The smallest absolute Gasteiger partial charge is 0.0512 e. The summed E-state index contributed by atoms with van der Waals surface area (Å²) in [6.07, 6.45) is 2.32. The molecule has 0 radical (unpaired) electrons. The zero-order chi connectivity index (χ0) is 12.6. The number of hydrogen-bond donors (Lipinski definition) is 2. The van der Waals surface area contributed by atoms with Crippen LogP contribution in [0.2, 0.25) is 0 Å². The average Bonchev–Trinajstić information content (AvgIpc) is 2.39. The van der Waals surface area contributed by atoms with Gasteiger partial charge in [-0.15, -0.1) is 0 Å². The van der Waals surface area contributed by atoms with Gasteiger partial charge in [0.25, 0.3) is 0 Å². The molecule has 0 aliphatic heterocycles. The molecule has 0 aliphatic rings. The van der Waals surface area contributed by atoms with Crippen molar-refractivity contribution in [2.75, 3.05) is 26.9 Å². The maximum atomic E-state index is 9.54. The number of methoxy groups -OCH3 is 1. The quantitative estimate of drug-likeness (QED) is 0.677. The molecule has 1 aromatic carbocycles. The van der Waals surface area contributed by atoms with Crippen molar-refractivity contribution in [3.8, 4) is 0 Å². The molecule has 0 spiro atoms. The molecule has 0 aliphatic carbocycles. The maximum Gasteiger partial charge on any atom is 0.0512 e. The topological polar surface area (TPSA) is 49.7 Å². The van der Waals surface area contributed by atoms with Gasteiger partial charge < -0.3 is 14.9 Å². The molecule has 0 fully saturated rings. The Hall–Kier alpha value is -0.900. The first-order valence-corrected chi connectivity index (χ1v) is 6.01. The zero-order valence-corrected chi connectivity index (χ0v) is 10.4. The number of hydrogen-bond acceptors (Lipinski definition) is 3. The van der Waals surface area contributed by atoms with Gasteiger partial charge in [-0.3, -0.25) is 0 Å². The Kier molecular flexibility index (Phi) is 6.19. The van der Waals surface area contributed by atoms with E-state index in [9.17, 15) is 10.2 Å². The summed E-state index contributed by atoms with van der Waals surface area (Å²) >= 11 is 0. The van der Waals surface area contributed by atoms with E-state index in [-0.39, 0.29) is 13.2 Å². The van der Waals surface area contributed by atoms with E-state index in [0.717, 1.165) is 18.4 Å². The highest BCUT2D eigenvalue weighted by Crippen LogP contribution is 2.27. The Morgan fingerprint density at radius 1 is 1.12 bits per heavy atom. The van der Waals surface area contributed by atoms with Gasteiger partial charge in [-0.1, -0.05) is 30.3 Å². The van der Waals surface area contributed by atoms with E-state index in [2.05, 4.69) is 0 Å². The van der Waals surface area contributed by atoms with Crippen LogP contribution in [-0.4, -0.2) is 37.1 Å². The van der Waals surface area contributed by atoms with E-state index in [1.807, 2.05) is 30.3 Å². The highest BCUT2D eigenvalue weighted by molar-refractivity contribution is 5.16. The first kappa shape index (κ1) is 14.2. The van der Waals surface area contributed by atoms with Crippen molar-refractivity contribution in [1.82, 2.24) is 0 Å². The molecule has 1 aromatic rings. The predicted molar refractivity (Wildman–Crippen MR) is 67.9 cm³/mol. The van der Waals surface area contributed by atoms with Gasteiger partial charge in [0.2, 0.25) is 0 Å². The number of ether oxygens (including phenoxy) is 1. The minimum atomic E-state index is -0.431. The van der Waals surface area contributed by atoms with Crippen LogP contribution >= 0.6 is 0 Å². The Bertz CT molecular complexity index is 294. The molecule has 96 valence electrons. The number of aliphatic hydroxyl groups is 2. The number of aliphatic hydroxyl groups excluding tert-OH is 2. The average molecular weight is 238 g/mol. The van der Waals surface area contributed by atoms with Crippen molar-refractivity contribution < 1.29 is 14.9 Å². The highest BCUT2D eigenvalue weighted by Gasteiger charge is 2.28. The predicted octanol–water partition coefficient (Wildman–Crippen LogP) is 1.63. The summed E-state index contributed by atoms with van der Waals surface area (Å²) in [6.45, 7) is 0.667. The summed E-state index contributed by atoms with van der Waals surface area (Å²) in [6, 6.07) is 9.97. The first-order valence-electron chi connectivity index (χ1n) is 6.01. The number of rotatable bonds is 8. The zero-order valence-electron chi connectivity index (χ0n) is 10.4. The van der Waals surface area contributed by atoms with Crippen LogP contribution < -0.4 is 0 Å². The van der Waals surface area contributed by atoms with Crippen molar-refractivity contribution in [1.29, 1.82) is 0 Å². The molecular weight excluding hydrogens is 216 g/mol. The summed E-state index contributed by atoms with van der Waals surface area (Å²) in [7, 11) is 1.66. The molecule has 0 saturated heterocycles. The largest absolute Gasteiger partial charge is 0.396 e. The molecule has 1 rings (SSSR count). The Labute approximate surface area is 103 Å². The van der Waals surface area contributed by atoms with Gasteiger partial charge in [-0.25, -0.2) is 0 Å². The first-order chi connectivity index (χ1) is 8.26. The van der Waals surface area contributed by atoms with Crippen molar-refractivity contribution in [3.05, 3.63) is 35.9 Å². The molecule has 0 unspecified atom stereocenters. The van der Waals surface area contributed by atoms with Gasteiger partial charge >= 0.3 is 0 Å². The van der Waals surface area contributed by atoms with Gasteiger partial charge in [0.05, 0.1) is 13.2 Å². The fraction of sp³-hybridized carbons (Fsp3) is 0.571. The summed E-state index contributed by atoms with van der Waals surface area (Å²) in [5, 5.41) is 19.1. The molecule has 0 aromatic heterocycles. The lowest BCUT2D eigenvalue weighted by Crippen LogP contribution is -2.32. The van der Waals surface area contributed by atoms with Crippen LogP contribution in [0.15, 0.2) is 30.3 Å². The second kappa shape index (κ2) is 7.43. The van der Waals surface area contributed by atoms with Crippen LogP contribution in [0.5, 0.6) is 0 Å². The molecular formula is C14H22O3. The molecule has 3 heteroatoms. The van der Waals surface area contributed by atoms with Gasteiger partial charge in [-0.05, 0) is 24.8 Å². The third kappa shape index (κ3) is 4.46. The molecule has 0 amide bonds. The van der Waals surface area contributed by atoms with Crippen LogP contribution in [0.25, 0.3) is 0 Å². The molecule has 0 atom stereocenters. The fourth-order valence-electron chi connectivity index (χ4n) is 2.03. The second-order valence-corrected chi connectivity index (χ2v) is 4.57. The molecule has 0 heterocycles. The van der Waals surface area contributed by atoms with Crippen LogP contribution in [-0.2, 0) is 11.2 Å².